The van der Waals surface area contributed by atoms with Gasteiger partial charge in [0.05, 0.1) is 6.54 Å². The van der Waals surface area contributed by atoms with Gasteiger partial charge in [0.2, 0.25) is 5.91 Å². The van der Waals surface area contributed by atoms with Crippen molar-refractivity contribution in [1.82, 2.24) is 14.7 Å². The highest BCUT2D eigenvalue weighted by atomic mass is 16.2. The molecule has 0 unspecified atom stereocenters. The van der Waals surface area contributed by atoms with Gasteiger partial charge in [-0.05, 0) is 27.4 Å². The highest BCUT2D eigenvalue weighted by Crippen LogP contribution is 2.13. The van der Waals surface area contributed by atoms with Crippen molar-refractivity contribution in [1.29, 1.82) is 0 Å². The van der Waals surface area contributed by atoms with Gasteiger partial charge in [-0.2, -0.15) is 0 Å². The van der Waals surface area contributed by atoms with Crippen LogP contribution in [0.5, 0.6) is 0 Å². The van der Waals surface area contributed by atoms with Crippen LogP contribution in [0.1, 0.15) is 20.8 Å². The second-order valence-corrected chi connectivity index (χ2v) is 5.71. The summed E-state index contributed by atoms with van der Waals surface area (Å²) in [5.74, 6) is 0.228. The summed E-state index contributed by atoms with van der Waals surface area (Å²) >= 11 is 0. The van der Waals surface area contributed by atoms with E-state index in [1.165, 1.54) is 0 Å². The molecule has 5 nitrogen and oxygen atoms in total. The Hall–Kier alpha value is -0.650. The molecule has 0 aliphatic carbocycles. The fourth-order valence-corrected chi connectivity index (χ4v) is 2.20. The lowest BCUT2D eigenvalue weighted by Crippen LogP contribution is -2.55. The number of amides is 1. The predicted molar refractivity (Wildman–Crippen MR) is 74.5 cm³/mol. The Morgan fingerprint density at radius 2 is 1.83 bits per heavy atom. The summed E-state index contributed by atoms with van der Waals surface area (Å²) in [6.07, 6.45) is 0. The highest BCUT2D eigenvalue weighted by Gasteiger charge is 2.28. The smallest absolute Gasteiger partial charge is 0.236 e. The van der Waals surface area contributed by atoms with Crippen molar-refractivity contribution in [2.24, 2.45) is 5.73 Å². The summed E-state index contributed by atoms with van der Waals surface area (Å²) in [4.78, 5) is 18.6. The predicted octanol–water partition coefficient (Wildman–Crippen LogP) is -0.180. The van der Waals surface area contributed by atoms with E-state index in [-0.39, 0.29) is 11.4 Å². The molecule has 0 bridgehead atoms. The number of rotatable bonds is 5. The Morgan fingerprint density at radius 1 is 1.28 bits per heavy atom. The van der Waals surface area contributed by atoms with Gasteiger partial charge in [-0.15, -0.1) is 0 Å². The molecule has 0 aromatic heterocycles. The van der Waals surface area contributed by atoms with E-state index in [9.17, 15) is 4.79 Å². The van der Waals surface area contributed by atoms with Crippen molar-refractivity contribution >= 4 is 5.91 Å². The first-order valence-corrected chi connectivity index (χ1v) is 6.82. The molecule has 0 aromatic carbocycles. The first kappa shape index (κ1) is 15.4. The summed E-state index contributed by atoms with van der Waals surface area (Å²) in [6, 6.07) is 0. The fourth-order valence-electron chi connectivity index (χ4n) is 2.20. The molecule has 1 amide bonds. The second-order valence-electron chi connectivity index (χ2n) is 5.71. The normalized spacial score (nSPS) is 18.4. The molecule has 2 N–H and O–H groups in total. The minimum absolute atomic E-state index is 0.114. The number of nitrogens with zero attached hydrogens (tertiary/aromatic N) is 3. The second kappa shape index (κ2) is 6.50. The van der Waals surface area contributed by atoms with Gasteiger partial charge < -0.3 is 15.5 Å². The first-order chi connectivity index (χ1) is 8.40. The number of hydrogen-bond acceptors (Lipinski definition) is 4. The first-order valence-electron chi connectivity index (χ1n) is 6.82. The number of hydrogen-bond donors (Lipinski definition) is 1. The lowest BCUT2D eigenvalue weighted by atomic mass is 10.0. The lowest BCUT2D eigenvalue weighted by Gasteiger charge is -2.39. The molecule has 0 saturated carbocycles. The maximum atomic E-state index is 12.3. The molecular weight excluding hydrogens is 228 g/mol. The molecule has 1 rings (SSSR count). The van der Waals surface area contributed by atoms with E-state index < -0.39 is 0 Å². The van der Waals surface area contributed by atoms with Crippen LogP contribution >= 0.6 is 0 Å². The van der Waals surface area contributed by atoms with E-state index in [4.69, 9.17) is 5.73 Å². The van der Waals surface area contributed by atoms with Crippen LogP contribution in [0.25, 0.3) is 0 Å². The molecule has 5 heteroatoms. The Labute approximate surface area is 111 Å². The number of carbonyl (C=O) groups is 1. The lowest BCUT2D eigenvalue weighted by molar-refractivity contribution is -0.135. The Bertz CT molecular complexity index is 272. The average molecular weight is 256 g/mol. The Morgan fingerprint density at radius 3 is 2.28 bits per heavy atom. The van der Waals surface area contributed by atoms with Gasteiger partial charge in [-0.25, -0.2) is 0 Å². The summed E-state index contributed by atoms with van der Waals surface area (Å²) in [5, 5.41) is 0. The standard InChI is InChI=1S/C13H28N4O/c1-5-17(13(2,3)11-14)10-12(18)16-8-6-15(4)7-9-16/h5-11,14H2,1-4H3. The molecule has 0 radical (unpaired) electrons. The number of carbonyl (C=O) groups excluding carboxylic acids is 1. The van der Waals surface area contributed by atoms with E-state index in [0.29, 0.717) is 13.1 Å². The third-order valence-electron chi connectivity index (χ3n) is 3.92. The van der Waals surface area contributed by atoms with Gasteiger partial charge in [-0.3, -0.25) is 9.69 Å². The van der Waals surface area contributed by atoms with Gasteiger partial charge in [-0.1, -0.05) is 6.92 Å². The SMILES string of the molecule is CCN(CC(=O)N1CCN(C)CC1)C(C)(C)CN. The Balaban J connectivity index is 2.52. The quantitative estimate of drug-likeness (QED) is 0.741. The van der Waals surface area contributed by atoms with Crippen LogP contribution in [0.4, 0.5) is 0 Å². The third-order valence-corrected chi connectivity index (χ3v) is 3.92. The van der Waals surface area contributed by atoms with Gasteiger partial charge in [0, 0.05) is 38.3 Å². The highest BCUT2D eigenvalue weighted by molar-refractivity contribution is 5.78. The summed E-state index contributed by atoms with van der Waals surface area (Å²) in [5.41, 5.74) is 5.67. The average Bonchev–Trinajstić information content (AvgIpc) is 2.36. The summed E-state index contributed by atoms with van der Waals surface area (Å²) in [6.45, 7) is 11.8. The molecule has 18 heavy (non-hydrogen) atoms. The van der Waals surface area contributed by atoms with Crippen molar-refractivity contribution < 1.29 is 4.79 Å². The summed E-state index contributed by atoms with van der Waals surface area (Å²) < 4.78 is 0. The van der Waals surface area contributed by atoms with Crippen LogP contribution in [-0.4, -0.2) is 79.0 Å². The molecule has 1 aliphatic heterocycles. The number of piperazine rings is 1. The van der Waals surface area contributed by atoms with Crippen molar-refractivity contribution in [3.63, 3.8) is 0 Å². The van der Waals surface area contributed by atoms with Gasteiger partial charge >= 0.3 is 0 Å². The molecule has 106 valence electrons. The topological polar surface area (TPSA) is 52.8 Å². The van der Waals surface area contributed by atoms with Gasteiger partial charge in [0.1, 0.15) is 0 Å². The fraction of sp³-hybridized carbons (Fsp3) is 0.923. The van der Waals surface area contributed by atoms with Crippen LogP contribution in [0.15, 0.2) is 0 Å². The van der Waals surface area contributed by atoms with E-state index in [0.717, 1.165) is 32.7 Å². The molecule has 0 aromatic rings. The number of likely N-dealkylation sites (N-methyl/N-ethyl adjacent to an activating group) is 2. The van der Waals surface area contributed by atoms with E-state index in [2.05, 4.69) is 37.6 Å². The minimum atomic E-state index is -0.114. The summed E-state index contributed by atoms with van der Waals surface area (Å²) in [7, 11) is 2.09. The van der Waals surface area contributed by atoms with Crippen molar-refractivity contribution in [2.75, 3.05) is 52.9 Å². The van der Waals surface area contributed by atoms with E-state index in [1.54, 1.807) is 0 Å². The van der Waals surface area contributed by atoms with Crippen LogP contribution in [-0.2, 0) is 4.79 Å². The van der Waals surface area contributed by atoms with Crippen molar-refractivity contribution in [3.8, 4) is 0 Å². The maximum absolute atomic E-state index is 12.3. The monoisotopic (exact) mass is 256 g/mol. The minimum Gasteiger partial charge on any atom is -0.339 e. The third kappa shape index (κ3) is 3.93. The molecule has 1 aliphatic rings. The van der Waals surface area contributed by atoms with E-state index >= 15 is 0 Å². The van der Waals surface area contributed by atoms with Crippen LogP contribution in [0.2, 0.25) is 0 Å². The van der Waals surface area contributed by atoms with Gasteiger partial charge in [0.15, 0.2) is 0 Å². The van der Waals surface area contributed by atoms with Gasteiger partial charge in [0.25, 0.3) is 0 Å². The molecule has 1 saturated heterocycles. The van der Waals surface area contributed by atoms with E-state index in [1.807, 2.05) is 4.90 Å². The molecule has 1 heterocycles. The molecule has 0 spiro atoms. The molecule has 1 fully saturated rings. The zero-order valence-corrected chi connectivity index (χ0v) is 12.3. The van der Waals surface area contributed by atoms with Crippen LogP contribution < -0.4 is 5.73 Å². The number of nitrogens with two attached hydrogens (primary N) is 1. The zero-order valence-electron chi connectivity index (χ0n) is 12.3. The zero-order chi connectivity index (χ0) is 13.8. The molecule has 0 atom stereocenters. The van der Waals surface area contributed by atoms with Crippen molar-refractivity contribution in [2.45, 2.75) is 26.3 Å². The largest absolute Gasteiger partial charge is 0.339 e. The molecular formula is C13H28N4O. The van der Waals surface area contributed by atoms with Crippen LogP contribution in [0.3, 0.4) is 0 Å². The van der Waals surface area contributed by atoms with Crippen LogP contribution in [0, 0.1) is 0 Å². The van der Waals surface area contributed by atoms with Crippen molar-refractivity contribution in [3.05, 3.63) is 0 Å². The maximum Gasteiger partial charge on any atom is 0.236 e. The Kier molecular flexibility index (Phi) is 5.56.